The van der Waals surface area contributed by atoms with E-state index >= 15 is 0 Å². The molecular formula is C21H21FN4O. The van der Waals surface area contributed by atoms with Gasteiger partial charge in [-0.05, 0) is 24.3 Å². The highest BCUT2D eigenvalue weighted by atomic mass is 19.1. The van der Waals surface area contributed by atoms with Crippen molar-refractivity contribution in [3.05, 3.63) is 66.6 Å². The number of benzene rings is 2. The number of anilines is 2. The Hall–Kier alpha value is -2.99. The number of hydrogen-bond donors (Lipinski definition) is 1. The summed E-state index contributed by atoms with van der Waals surface area (Å²) < 4.78 is 13.9. The van der Waals surface area contributed by atoms with Gasteiger partial charge < -0.3 is 10.2 Å². The third kappa shape index (κ3) is 3.90. The third-order valence-electron chi connectivity index (χ3n) is 4.84. The van der Waals surface area contributed by atoms with Crippen molar-refractivity contribution >= 4 is 28.2 Å². The van der Waals surface area contributed by atoms with E-state index in [1.54, 1.807) is 18.3 Å². The second kappa shape index (κ2) is 7.72. The molecule has 1 saturated heterocycles. The number of aromatic nitrogens is 1. The van der Waals surface area contributed by atoms with E-state index in [2.05, 4.69) is 15.2 Å². The summed E-state index contributed by atoms with van der Waals surface area (Å²) in [5.74, 6) is -0.264. The van der Waals surface area contributed by atoms with Crippen LogP contribution in [0.4, 0.5) is 15.8 Å². The second-order valence-electron chi connectivity index (χ2n) is 6.64. The molecule has 0 aliphatic carbocycles. The summed E-state index contributed by atoms with van der Waals surface area (Å²) in [6.07, 6.45) is 1.72. The van der Waals surface area contributed by atoms with Crippen LogP contribution in [0.15, 0.2) is 60.8 Å². The van der Waals surface area contributed by atoms with E-state index in [-0.39, 0.29) is 11.7 Å². The predicted molar refractivity (Wildman–Crippen MR) is 105 cm³/mol. The van der Waals surface area contributed by atoms with Gasteiger partial charge >= 0.3 is 0 Å². The van der Waals surface area contributed by atoms with Crippen LogP contribution < -0.4 is 10.2 Å². The smallest absolute Gasteiger partial charge is 0.238 e. The molecule has 4 rings (SSSR count). The van der Waals surface area contributed by atoms with Crippen LogP contribution >= 0.6 is 0 Å². The average molecular weight is 364 g/mol. The van der Waals surface area contributed by atoms with Crippen molar-refractivity contribution in [1.82, 2.24) is 9.88 Å². The first-order chi connectivity index (χ1) is 13.2. The van der Waals surface area contributed by atoms with Crippen LogP contribution in [-0.2, 0) is 4.79 Å². The molecule has 1 aliphatic rings. The number of piperazine rings is 1. The number of pyridine rings is 1. The highest BCUT2D eigenvalue weighted by Gasteiger charge is 2.21. The molecule has 0 atom stereocenters. The summed E-state index contributed by atoms with van der Waals surface area (Å²) in [5.41, 5.74) is 2.14. The Labute approximate surface area is 157 Å². The second-order valence-corrected chi connectivity index (χ2v) is 6.64. The van der Waals surface area contributed by atoms with E-state index in [9.17, 15) is 9.18 Å². The zero-order chi connectivity index (χ0) is 18.6. The van der Waals surface area contributed by atoms with Gasteiger partial charge in [-0.1, -0.05) is 30.3 Å². The predicted octanol–water partition coefficient (Wildman–Crippen LogP) is 3.13. The van der Waals surface area contributed by atoms with Crippen LogP contribution in [0.5, 0.6) is 0 Å². The molecular weight excluding hydrogens is 343 g/mol. The number of amides is 1. The number of fused-ring (bicyclic) bond motifs is 1. The largest absolute Gasteiger partial charge is 0.367 e. The topological polar surface area (TPSA) is 48.5 Å². The molecule has 1 aromatic heterocycles. The van der Waals surface area contributed by atoms with Crippen molar-refractivity contribution in [1.29, 1.82) is 0 Å². The lowest BCUT2D eigenvalue weighted by atomic mass is 10.2. The Kier molecular flexibility index (Phi) is 4.98. The van der Waals surface area contributed by atoms with Crippen LogP contribution in [0, 0.1) is 5.82 Å². The van der Waals surface area contributed by atoms with E-state index in [0.717, 1.165) is 29.7 Å². The van der Waals surface area contributed by atoms with Crippen LogP contribution in [0.2, 0.25) is 0 Å². The molecule has 6 heteroatoms. The van der Waals surface area contributed by atoms with E-state index in [0.29, 0.717) is 25.3 Å². The maximum Gasteiger partial charge on any atom is 0.238 e. The van der Waals surface area contributed by atoms with Crippen molar-refractivity contribution in [2.45, 2.75) is 0 Å². The van der Waals surface area contributed by atoms with Gasteiger partial charge in [0.2, 0.25) is 5.91 Å². The number of carbonyl (C=O) groups is 1. The number of para-hydroxylation sites is 2. The molecule has 27 heavy (non-hydrogen) atoms. The number of rotatable bonds is 4. The highest BCUT2D eigenvalue weighted by Crippen LogP contribution is 2.22. The first kappa shape index (κ1) is 17.4. The fourth-order valence-electron chi connectivity index (χ4n) is 3.45. The summed E-state index contributed by atoms with van der Waals surface area (Å²) >= 11 is 0. The third-order valence-corrected chi connectivity index (χ3v) is 4.84. The van der Waals surface area contributed by atoms with E-state index < -0.39 is 0 Å². The van der Waals surface area contributed by atoms with Gasteiger partial charge in [-0.25, -0.2) is 4.39 Å². The van der Waals surface area contributed by atoms with E-state index in [4.69, 9.17) is 0 Å². The normalized spacial score (nSPS) is 15.1. The van der Waals surface area contributed by atoms with Gasteiger partial charge in [0.15, 0.2) is 0 Å². The molecule has 138 valence electrons. The molecule has 1 N–H and O–H groups in total. The first-order valence-electron chi connectivity index (χ1n) is 9.06. The minimum atomic E-state index is -0.202. The Bertz CT molecular complexity index is 948. The Balaban J connectivity index is 1.35. The Morgan fingerprint density at radius 1 is 1.00 bits per heavy atom. The molecule has 1 fully saturated rings. The Morgan fingerprint density at radius 2 is 1.78 bits per heavy atom. The first-order valence-corrected chi connectivity index (χ1v) is 9.06. The van der Waals surface area contributed by atoms with Crippen molar-refractivity contribution < 1.29 is 9.18 Å². The van der Waals surface area contributed by atoms with Crippen LogP contribution in [-0.4, -0.2) is 48.5 Å². The summed E-state index contributed by atoms with van der Waals surface area (Å²) in [7, 11) is 0. The fraction of sp³-hybridized carbons (Fsp3) is 0.238. The van der Waals surface area contributed by atoms with Gasteiger partial charge in [-0.3, -0.25) is 14.7 Å². The van der Waals surface area contributed by atoms with E-state index in [1.165, 1.54) is 6.07 Å². The minimum absolute atomic E-state index is 0.0625. The molecule has 1 aliphatic heterocycles. The quantitative estimate of drug-likeness (QED) is 0.773. The summed E-state index contributed by atoms with van der Waals surface area (Å²) in [5, 5.41) is 3.96. The Morgan fingerprint density at radius 3 is 2.59 bits per heavy atom. The van der Waals surface area contributed by atoms with Crippen LogP contribution in [0.1, 0.15) is 0 Å². The number of nitrogens with one attached hydrogen (secondary N) is 1. The summed E-state index contributed by atoms with van der Waals surface area (Å²) in [6, 6.07) is 16.4. The molecule has 2 aromatic carbocycles. The number of hydrogen-bond acceptors (Lipinski definition) is 4. The molecule has 3 aromatic rings. The molecule has 2 heterocycles. The standard InChI is InChI=1S/C21H21FN4O/c22-17-7-1-2-9-19(17)26-13-11-25(12-14-26)15-20(27)24-18-8-3-5-16-6-4-10-23-21(16)18/h1-10H,11-15H2,(H,24,27). The van der Waals surface area contributed by atoms with Gasteiger partial charge in [0.05, 0.1) is 23.4 Å². The molecule has 1 amide bonds. The average Bonchev–Trinajstić information content (AvgIpc) is 2.69. The monoisotopic (exact) mass is 364 g/mol. The highest BCUT2D eigenvalue weighted by molar-refractivity contribution is 6.00. The lowest BCUT2D eigenvalue weighted by Gasteiger charge is -2.35. The maximum absolute atomic E-state index is 13.9. The van der Waals surface area contributed by atoms with Gasteiger partial charge in [0.25, 0.3) is 0 Å². The van der Waals surface area contributed by atoms with Crippen molar-refractivity contribution in [2.75, 3.05) is 42.9 Å². The summed E-state index contributed by atoms with van der Waals surface area (Å²) in [4.78, 5) is 21.0. The van der Waals surface area contributed by atoms with Gasteiger partial charge in [-0.15, -0.1) is 0 Å². The van der Waals surface area contributed by atoms with Gasteiger partial charge in [0, 0.05) is 37.8 Å². The maximum atomic E-state index is 13.9. The van der Waals surface area contributed by atoms with Gasteiger partial charge in [0.1, 0.15) is 5.82 Å². The number of nitrogens with zero attached hydrogens (tertiary/aromatic N) is 3. The molecule has 5 nitrogen and oxygen atoms in total. The number of halogens is 1. The zero-order valence-electron chi connectivity index (χ0n) is 14.9. The molecule has 0 unspecified atom stereocenters. The van der Waals surface area contributed by atoms with Gasteiger partial charge in [-0.2, -0.15) is 0 Å². The summed E-state index contributed by atoms with van der Waals surface area (Å²) in [6.45, 7) is 3.15. The fourth-order valence-corrected chi connectivity index (χ4v) is 3.45. The van der Waals surface area contributed by atoms with Crippen molar-refractivity contribution in [3.63, 3.8) is 0 Å². The van der Waals surface area contributed by atoms with Crippen LogP contribution in [0.3, 0.4) is 0 Å². The molecule has 0 saturated carbocycles. The minimum Gasteiger partial charge on any atom is -0.367 e. The van der Waals surface area contributed by atoms with Crippen LogP contribution in [0.25, 0.3) is 10.9 Å². The lowest BCUT2D eigenvalue weighted by Crippen LogP contribution is -2.48. The molecule has 0 spiro atoms. The van der Waals surface area contributed by atoms with E-state index in [1.807, 2.05) is 41.3 Å². The molecule has 0 radical (unpaired) electrons. The van der Waals surface area contributed by atoms with Crippen molar-refractivity contribution in [3.8, 4) is 0 Å². The molecule has 0 bridgehead atoms. The number of carbonyl (C=O) groups excluding carboxylic acids is 1. The van der Waals surface area contributed by atoms with Crippen molar-refractivity contribution in [2.24, 2.45) is 0 Å². The SMILES string of the molecule is O=C(CN1CCN(c2ccccc2F)CC1)Nc1cccc2cccnc12. The lowest BCUT2D eigenvalue weighted by molar-refractivity contribution is -0.117. The zero-order valence-corrected chi connectivity index (χ0v) is 14.9.